The Morgan fingerprint density at radius 2 is 1.89 bits per heavy atom. The lowest BCUT2D eigenvalue weighted by molar-refractivity contribution is 0.355. The molecule has 0 saturated carbocycles. The van der Waals surface area contributed by atoms with E-state index in [1.807, 2.05) is 0 Å². The van der Waals surface area contributed by atoms with E-state index >= 15 is 0 Å². The van der Waals surface area contributed by atoms with Crippen molar-refractivity contribution in [2.75, 3.05) is 14.2 Å². The highest BCUT2D eigenvalue weighted by Crippen LogP contribution is 2.32. The number of nitrogens with two attached hydrogens (primary N) is 1. The number of rotatable bonds is 4. The van der Waals surface area contributed by atoms with E-state index in [1.54, 1.807) is 18.2 Å². The Morgan fingerprint density at radius 1 is 1.16 bits per heavy atom. The second-order valence-electron chi connectivity index (χ2n) is 3.76. The Balaban J connectivity index is 2.53. The Morgan fingerprint density at radius 3 is 2.53 bits per heavy atom. The first-order valence-electron chi connectivity index (χ1n) is 5.63. The summed E-state index contributed by atoms with van der Waals surface area (Å²) in [5, 5.41) is 0. The number of aromatic nitrogens is 2. The normalized spacial score (nSPS) is 10.3. The molecule has 19 heavy (non-hydrogen) atoms. The van der Waals surface area contributed by atoms with Gasteiger partial charge in [0.25, 0.3) is 0 Å². The Hall–Kier alpha value is -2.21. The van der Waals surface area contributed by atoms with Gasteiger partial charge in [-0.3, -0.25) is 0 Å². The van der Waals surface area contributed by atoms with E-state index < -0.39 is 5.82 Å². The quantitative estimate of drug-likeness (QED) is 0.910. The van der Waals surface area contributed by atoms with Crippen molar-refractivity contribution in [3.8, 4) is 22.8 Å². The van der Waals surface area contributed by atoms with Crippen molar-refractivity contribution in [2.24, 2.45) is 5.73 Å². The zero-order valence-corrected chi connectivity index (χ0v) is 10.7. The molecule has 0 atom stereocenters. The molecule has 0 bridgehead atoms. The first-order chi connectivity index (χ1) is 9.21. The summed E-state index contributed by atoms with van der Waals surface area (Å²) in [6.45, 7) is 0.0225. The maximum atomic E-state index is 14.1. The summed E-state index contributed by atoms with van der Waals surface area (Å²) < 4.78 is 24.4. The van der Waals surface area contributed by atoms with Gasteiger partial charge in [0.2, 0.25) is 0 Å². The van der Waals surface area contributed by atoms with Crippen LogP contribution in [0.2, 0.25) is 0 Å². The fourth-order valence-electron chi connectivity index (χ4n) is 1.73. The molecule has 2 rings (SSSR count). The average Bonchev–Trinajstić information content (AvgIpc) is 2.46. The number of nitrogens with zero attached hydrogens (tertiary/aromatic N) is 2. The van der Waals surface area contributed by atoms with Crippen molar-refractivity contribution in [3.05, 3.63) is 36.0 Å². The molecule has 0 unspecified atom stereocenters. The molecule has 2 N–H and O–H groups in total. The molecule has 5 nitrogen and oxygen atoms in total. The SMILES string of the molecule is COc1ccc(-c2ncnc(CN)c2F)cc1OC. The van der Waals surface area contributed by atoms with Gasteiger partial charge in [0.05, 0.1) is 19.9 Å². The van der Waals surface area contributed by atoms with Gasteiger partial charge < -0.3 is 15.2 Å². The second-order valence-corrected chi connectivity index (χ2v) is 3.76. The average molecular weight is 263 g/mol. The maximum Gasteiger partial charge on any atom is 0.172 e. The summed E-state index contributed by atoms with van der Waals surface area (Å²) in [7, 11) is 3.05. The minimum atomic E-state index is -0.516. The van der Waals surface area contributed by atoms with Crippen LogP contribution >= 0.6 is 0 Å². The highest BCUT2D eigenvalue weighted by atomic mass is 19.1. The van der Waals surface area contributed by atoms with Crippen molar-refractivity contribution < 1.29 is 13.9 Å². The number of benzene rings is 1. The molecular weight excluding hydrogens is 249 g/mol. The number of halogens is 1. The molecule has 0 spiro atoms. The van der Waals surface area contributed by atoms with Crippen molar-refractivity contribution in [1.29, 1.82) is 0 Å². The summed E-state index contributed by atoms with van der Waals surface area (Å²) in [6, 6.07) is 5.05. The number of ether oxygens (including phenoxy) is 2. The minimum Gasteiger partial charge on any atom is -0.493 e. The minimum absolute atomic E-state index is 0.0225. The molecule has 1 aromatic carbocycles. The molecule has 0 fully saturated rings. The maximum absolute atomic E-state index is 14.1. The fourth-order valence-corrected chi connectivity index (χ4v) is 1.73. The zero-order chi connectivity index (χ0) is 13.8. The number of hydrogen-bond acceptors (Lipinski definition) is 5. The highest BCUT2D eigenvalue weighted by molar-refractivity contribution is 5.64. The van der Waals surface area contributed by atoms with Crippen molar-refractivity contribution in [1.82, 2.24) is 9.97 Å². The fraction of sp³-hybridized carbons (Fsp3) is 0.231. The van der Waals surface area contributed by atoms with Gasteiger partial charge in [0.1, 0.15) is 12.0 Å². The molecule has 6 heteroatoms. The number of methoxy groups -OCH3 is 2. The lowest BCUT2D eigenvalue weighted by Crippen LogP contribution is -2.05. The second kappa shape index (κ2) is 5.62. The summed E-state index contributed by atoms with van der Waals surface area (Å²) in [5.41, 5.74) is 6.37. The van der Waals surface area contributed by atoms with Crippen LogP contribution in [-0.4, -0.2) is 24.2 Å². The van der Waals surface area contributed by atoms with Gasteiger partial charge >= 0.3 is 0 Å². The van der Waals surface area contributed by atoms with E-state index in [4.69, 9.17) is 15.2 Å². The predicted octanol–water partition coefficient (Wildman–Crippen LogP) is 1.76. The Labute approximate surface area is 110 Å². The topological polar surface area (TPSA) is 70.3 Å². The van der Waals surface area contributed by atoms with Crippen LogP contribution < -0.4 is 15.2 Å². The molecule has 0 aliphatic rings. The van der Waals surface area contributed by atoms with Crippen LogP contribution in [0.3, 0.4) is 0 Å². The molecule has 100 valence electrons. The summed E-state index contributed by atoms with van der Waals surface area (Å²) in [5.74, 6) is 0.560. The highest BCUT2D eigenvalue weighted by Gasteiger charge is 2.14. The van der Waals surface area contributed by atoms with Crippen molar-refractivity contribution in [3.63, 3.8) is 0 Å². The lowest BCUT2D eigenvalue weighted by atomic mass is 10.1. The summed E-state index contributed by atoms with van der Waals surface area (Å²) >= 11 is 0. The zero-order valence-electron chi connectivity index (χ0n) is 10.7. The van der Waals surface area contributed by atoms with Crippen LogP contribution in [0.4, 0.5) is 4.39 Å². The van der Waals surface area contributed by atoms with Gasteiger partial charge in [-0.1, -0.05) is 0 Å². The summed E-state index contributed by atoms with van der Waals surface area (Å²) in [4.78, 5) is 7.74. The van der Waals surface area contributed by atoms with E-state index in [1.165, 1.54) is 20.5 Å². The van der Waals surface area contributed by atoms with Crippen LogP contribution in [0.1, 0.15) is 5.69 Å². The molecule has 0 saturated heterocycles. The molecule has 0 aliphatic carbocycles. The monoisotopic (exact) mass is 263 g/mol. The predicted molar refractivity (Wildman–Crippen MR) is 68.4 cm³/mol. The smallest absolute Gasteiger partial charge is 0.172 e. The lowest BCUT2D eigenvalue weighted by Gasteiger charge is -2.10. The third kappa shape index (κ3) is 2.48. The Kier molecular flexibility index (Phi) is 3.91. The van der Waals surface area contributed by atoms with Crippen molar-refractivity contribution >= 4 is 0 Å². The van der Waals surface area contributed by atoms with Crippen molar-refractivity contribution in [2.45, 2.75) is 6.54 Å². The van der Waals surface area contributed by atoms with Crippen LogP contribution in [0.25, 0.3) is 11.3 Å². The molecule has 0 amide bonds. The van der Waals surface area contributed by atoms with Crippen LogP contribution in [0, 0.1) is 5.82 Å². The van der Waals surface area contributed by atoms with Crippen LogP contribution in [-0.2, 0) is 6.54 Å². The van der Waals surface area contributed by atoms with Crippen LogP contribution in [0.15, 0.2) is 24.5 Å². The molecular formula is C13H14FN3O2. The third-order valence-corrected chi connectivity index (χ3v) is 2.71. The van der Waals surface area contributed by atoms with E-state index in [2.05, 4.69) is 9.97 Å². The van der Waals surface area contributed by atoms with Gasteiger partial charge in [-0.2, -0.15) is 0 Å². The van der Waals surface area contributed by atoms with E-state index in [-0.39, 0.29) is 17.9 Å². The first kappa shape index (κ1) is 13.2. The summed E-state index contributed by atoms with van der Waals surface area (Å²) in [6.07, 6.45) is 1.29. The van der Waals surface area contributed by atoms with Gasteiger partial charge in [0, 0.05) is 12.1 Å². The molecule has 2 aromatic rings. The standard InChI is InChI=1S/C13H14FN3O2/c1-18-10-4-3-8(5-11(10)19-2)13-12(14)9(6-15)16-7-17-13/h3-5,7H,6,15H2,1-2H3. The largest absolute Gasteiger partial charge is 0.493 e. The molecule has 0 radical (unpaired) electrons. The van der Waals surface area contributed by atoms with Gasteiger partial charge in [-0.05, 0) is 18.2 Å². The first-order valence-corrected chi connectivity index (χ1v) is 5.63. The van der Waals surface area contributed by atoms with E-state index in [9.17, 15) is 4.39 Å². The van der Waals surface area contributed by atoms with Gasteiger partial charge in [-0.15, -0.1) is 0 Å². The van der Waals surface area contributed by atoms with Gasteiger partial charge in [-0.25, -0.2) is 14.4 Å². The van der Waals surface area contributed by atoms with Crippen LogP contribution in [0.5, 0.6) is 11.5 Å². The molecule has 1 heterocycles. The third-order valence-electron chi connectivity index (χ3n) is 2.71. The number of hydrogen-bond donors (Lipinski definition) is 1. The van der Waals surface area contributed by atoms with E-state index in [0.717, 1.165) is 0 Å². The Bertz CT molecular complexity index is 590. The molecule has 1 aromatic heterocycles. The molecule has 0 aliphatic heterocycles. The van der Waals surface area contributed by atoms with Gasteiger partial charge in [0.15, 0.2) is 17.3 Å². The van der Waals surface area contributed by atoms with E-state index in [0.29, 0.717) is 17.1 Å².